The van der Waals surface area contributed by atoms with Crippen LogP contribution in [-0.2, 0) is 19.6 Å². The number of piperidine rings is 1. The first-order valence-corrected chi connectivity index (χ1v) is 14.9. The van der Waals surface area contributed by atoms with E-state index < -0.39 is 22.0 Å². The van der Waals surface area contributed by atoms with Crippen molar-refractivity contribution in [2.45, 2.75) is 36.6 Å². The molecule has 0 aromatic heterocycles. The molecule has 3 heterocycles. The Kier molecular flexibility index (Phi) is 7.11. The summed E-state index contributed by atoms with van der Waals surface area (Å²) in [6, 6.07) is 12.7. The minimum atomic E-state index is -3.98. The van der Waals surface area contributed by atoms with Gasteiger partial charge < -0.3 is 24.4 Å². The lowest BCUT2D eigenvalue weighted by molar-refractivity contribution is -0.120. The maximum Gasteiger partial charge on any atom is 0.258 e. The molecule has 1 saturated heterocycles. The van der Waals surface area contributed by atoms with Crippen LogP contribution in [0.3, 0.4) is 0 Å². The number of carbonyl (C=O) groups excluding carboxylic acids is 2. The van der Waals surface area contributed by atoms with E-state index in [0.29, 0.717) is 68.4 Å². The average Bonchev–Trinajstić information content (AvgIpc) is 3.26. The van der Waals surface area contributed by atoms with E-state index in [9.17, 15) is 18.0 Å². The second kappa shape index (κ2) is 10.7. The van der Waals surface area contributed by atoms with E-state index in [2.05, 4.69) is 5.32 Å². The van der Waals surface area contributed by atoms with Gasteiger partial charge in [0.1, 0.15) is 19.3 Å². The third-order valence-electron chi connectivity index (χ3n) is 7.65. The largest absolute Gasteiger partial charge is 0.486 e. The minimum Gasteiger partial charge on any atom is -0.486 e. The van der Waals surface area contributed by atoms with Gasteiger partial charge in [-0.2, -0.15) is 4.31 Å². The molecule has 1 unspecified atom stereocenters. The first-order valence-electron chi connectivity index (χ1n) is 13.5. The van der Waals surface area contributed by atoms with Gasteiger partial charge in [-0.05, 0) is 49.6 Å². The summed E-state index contributed by atoms with van der Waals surface area (Å²) in [4.78, 5) is 28.6. The Labute approximate surface area is 232 Å². The van der Waals surface area contributed by atoms with Crippen LogP contribution in [0.2, 0.25) is 0 Å². The molecule has 3 aromatic carbocycles. The van der Waals surface area contributed by atoms with Crippen LogP contribution in [0, 0.1) is 0 Å². The Morgan fingerprint density at radius 2 is 1.90 bits per heavy atom. The molecule has 0 saturated carbocycles. The van der Waals surface area contributed by atoms with E-state index in [1.807, 2.05) is 12.1 Å². The van der Waals surface area contributed by atoms with Gasteiger partial charge in [0.2, 0.25) is 15.9 Å². The molecule has 0 bridgehead atoms. The smallest absolute Gasteiger partial charge is 0.258 e. The molecule has 1 N–H and O–H groups in total. The Bertz CT molecular complexity index is 1590. The van der Waals surface area contributed by atoms with Crippen molar-refractivity contribution in [2.24, 2.45) is 0 Å². The number of anilines is 2. The van der Waals surface area contributed by atoms with Crippen molar-refractivity contribution >= 4 is 44.0 Å². The summed E-state index contributed by atoms with van der Waals surface area (Å²) >= 11 is 0. The minimum absolute atomic E-state index is 0.0638. The van der Waals surface area contributed by atoms with Gasteiger partial charge in [-0.1, -0.05) is 18.6 Å². The molecule has 11 heteroatoms. The van der Waals surface area contributed by atoms with Gasteiger partial charge in [0.15, 0.2) is 11.5 Å². The molecular weight excluding hydrogens is 534 g/mol. The summed E-state index contributed by atoms with van der Waals surface area (Å²) in [6.45, 7) is 2.06. The lowest BCUT2D eigenvalue weighted by Crippen LogP contribution is -2.49. The number of methoxy groups -OCH3 is 1. The number of carbonyl (C=O) groups is 2. The second-order valence-electron chi connectivity index (χ2n) is 10.1. The fourth-order valence-electron chi connectivity index (χ4n) is 5.73. The van der Waals surface area contributed by atoms with E-state index in [1.165, 1.54) is 16.4 Å². The second-order valence-corrected chi connectivity index (χ2v) is 12.0. The van der Waals surface area contributed by atoms with Crippen LogP contribution in [0.15, 0.2) is 53.4 Å². The Hall–Kier alpha value is -3.67. The van der Waals surface area contributed by atoms with Crippen LogP contribution >= 0.6 is 0 Å². The molecule has 3 aromatic rings. The highest BCUT2D eigenvalue weighted by Crippen LogP contribution is 2.41. The van der Waals surface area contributed by atoms with Gasteiger partial charge in [-0.25, -0.2) is 8.42 Å². The van der Waals surface area contributed by atoms with E-state index in [1.54, 1.807) is 36.3 Å². The van der Waals surface area contributed by atoms with Gasteiger partial charge in [0.25, 0.3) is 5.91 Å². The van der Waals surface area contributed by atoms with Crippen molar-refractivity contribution in [1.82, 2.24) is 4.31 Å². The molecule has 210 valence electrons. The molecule has 1 atom stereocenters. The highest BCUT2D eigenvalue weighted by molar-refractivity contribution is 7.89. The zero-order chi connectivity index (χ0) is 27.9. The number of nitrogens with zero attached hydrogens (tertiary/aromatic N) is 2. The maximum absolute atomic E-state index is 13.7. The summed E-state index contributed by atoms with van der Waals surface area (Å²) in [5.74, 6) is 0.400. The van der Waals surface area contributed by atoms with Crippen LogP contribution in [0.1, 0.15) is 36.0 Å². The van der Waals surface area contributed by atoms with Crippen LogP contribution < -0.4 is 19.7 Å². The molecule has 0 aliphatic carbocycles. The van der Waals surface area contributed by atoms with Crippen LogP contribution in [0.5, 0.6) is 11.5 Å². The van der Waals surface area contributed by atoms with Crippen LogP contribution in [0.4, 0.5) is 11.4 Å². The first kappa shape index (κ1) is 26.5. The van der Waals surface area contributed by atoms with Crippen LogP contribution in [0.25, 0.3) is 10.8 Å². The Balaban J connectivity index is 1.28. The monoisotopic (exact) mass is 565 g/mol. The topological polar surface area (TPSA) is 114 Å². The highest BCUT2D eigenvalue weighted by atomic mass is 32.2. The standard InChI is InChI=1S/C29H31N3O7S/c1-37-15-5-13-31-23-11-10-22(20-6-4-7-21(27(20)23)29(31)34)30-28(33)24-8-2-3-14-32(24)40(35,36)19-9-12-25-26(18-19)39-17-16-38-25/h4,6-7,9-12,18,24H,2-3,5,8,13-17H2,1H3,(H,30,33). The summed E-state index contributed by atoms with van der Waals surface area (Å²) in [5, 5.41) is 4.51. The zero-order valence-electron chi connectivity index (χ0n) is 22.2. The predicted octanol–water partition coefficient (Wildman–Crippen LogP) is 3.79. The van der Waals surface area contributed by atoms with Gasteiger partial charge in [-0.15, -0.1) is 0 Å². The van der Waals surface area contributed by atoms with Crippen molar-refractivity contribution in [3.05, 3.63) is 54.1 Å². The molecule has 1 fully saturated rings. The SMILES string of the molecule is COCCCN1C(=O)c2cccc3c(NC(=O)C4CCCCN4S(=O)(=O)c4ccc5c(c4)OCCO5)ccc1c23. The molecule has 3 aliphatic rings. The molecule has 0 spiro atoms. The molecule has 10 nitrogen and oxygen atoms in total. The average molecular weight is 566 g/mol. The van der Waals surface area contributed by atoms with Crippen molar-refractivity contribution in [1.29, 1.82) is 0 Å². The van der Waals surface area contributed by atoms with Crippen molar-refractivity contribution in [3.63, 3.8) is 0 Å². The number of hydrogen-bond acceptors (Lipinski definition) is 7. The van der Waals surface area contributed by atoms with Gasteiger partial charge >= 0.3 is 0 Å². The number of hydrogen-bond donors (Lipinski definition) is 1. The Morgan fingerprint density at radius 1 is 1.07 bits per heavy atom. The highest BCUT2D eigenvalue weighted by Gasteiger charge is 2.39. The summed E-state index contributed by atoms with van der Waals surface area (Å²) in [7, 11) is -2.35. The molecule has 0 radical (unpaired) electrons. The maximum atomic E-state index is 13.7. The first-order chi connectivity index (χ1) is 19.4. The molecule has 40 heavy (non-hydrogen) atoms. The third kappa shape index (κ3) is 4.57. The zero-order valence-corrected chi connectivity index (χ0v) is 23.0. The van der Waals surface area contributed by atoms with Crippen molar-refractivity contribution in [2.75, 3.05) is 50.2 Å². The van der Waals surface area contributed by atoms with Crippen molar-refractivity contribution < 1.29 is 32.2 Å². The quantitative estimate of drug-likeness (QED) is 0.414. The number of rotatable bonds is 8. The third-order valence-corrected chi connectivity index (χ3v) is 9.55. The van der Waals surface area contributed by atoms with E-state index >= 15 is 0 Å². The summed E-state index contributed by atoms with van der Waals surface area (Å²) < 4.78 is 45.0. The summed E-state index contributed by atoms with van der Waals surface area (Å²) in [6.07, 6.45) is 2.50. The molecule has 2 amide bonds. The number of sulfonamides is 1. The van der Waals surface area contributed by atoms with Gasteiger partial charge in [0, 0.05) is 54.9 Å². The number of ether oxygens (including phenoxy) is 3. The molecule has 3 aliphatic heterocycles. The number of amides is 2. The van der Waals surface area contributed by atoms with Gasteiger partial charge in [0.05, 0.1) is 10.6 Å². The van der Waals surface area contributed by atoms with E-state index in [4.69, 9.17) is 14.2 Å². The Morgan fingerprint density at radius 3 is 2.73 bits per heavy atom. The fraction of sp³-hybridized carbons (Fsp3) is 0.379. The van der Waals surface area contributed by atoms with E-state index in [-0.39, 0.29) is 17.3 Å². The van der Waals surface area contributed by atoms with Crippen molar-refractivity contribution in [3.8, 4) is 11.5 Å². The lowest BCUT2D eigenvalue weighted by atomic mass is 10.0. The summed E-state index contributed by atoms with van der Waals surface area (Å²) in [5.41, 5.74) is 1.92. The van der Waals surface area contributed by atoms with Crippen LogP contribution in [-0.4, -0.2) is 70.6 Å². The molecular formula is C29H31N3O7S. The number of fused-ring (bicyclic) bond motifs is 1. The number of benzene rings is 3. The van der Waals surface area contributed by atoms with E-state index in [0.717, 1.165) is 22.9 Å². The van der Waals surface area contributed by atoms with Gasteiger partial charge in [-0.3, -0.25) is 9.59 Å². The number of nitrogens with one attached hydrogen (secondary N) is 1. The molecule has 6 rings (SSSR count). The predicted molar refractivity (Wildman–Crippen MR) is 150 cm³/mol. The lowest BCUT2D eigenvalue weighted by Gasteiger charge is -2.34. The normalized spacial score (nSPS) is 18.8. The fourth-order valence-corrected chi connectivity index (χ4v) is 7.41.